The van der Waals surface area contributed by atoms with Gasteiger partial charge in [0.15, 0.2) is 5.79 Å². The van der Waals surface area contributed by atoms with Crippen LogP contribution in [0.1, 0.15) is 33.6 Å². The van der Waals surface area contributed by atoms with Crippen molar-refractivity contribution < 1.29 is 23.7 Å². The van der Waals surface area contributed by atoms with E-state index in [2.05, 4.69) is 0 Å². The highest BCUT2D eigenvalue weighted by molar-refractivity contribution is 5.75. The van der Waals surface area contributed by atoms with Crippen molar-refractivity contribution in [1.29, 1.82) is 0 Å². The van der Waals surface area contributed by atoms with Crippen molar-refractivity contribution in [3.05, 3.63) is 0 Å². The Balaban J connectivity index is 1.75. The Kier molecular flexibility index (Phi) is 2.88. The molecule has 0 aliphatic carbocycles. The number of ether oxygens (including phenoxy) is 4. The summed E-state index contributed by atoms with van der Waals surface area (Å²) in [6.07, 6.45) is 1.06. The van der Waals surface area contributed by atoms with Crippen LogP contribution >= 0.6 is 0 Å². The molecular formula is C13H20O5. The summed E-state index contributed by atoms with van der Waals surface area (Å²) in [5, 5.41) is 0. The summed E-state index contributed by atoms with van der Waals surface area (Å²) < 4.78 is 22.8. The van der Waals surface area contributed by atoms with Gasteiger partial charge in [-0.2, -0.15) is 0 Å². The number of fused-ring (bicyclic) bond motifs is 2. The third-order valence-electron chi connectivity index (χ3n) is 4.01. The third kappa shape index (κ3) is 1.94. The molecule has 0 spiro atoms. The standard InChI is InChI=1S/C13H20O5/c1-4-7-11-9(17-12(7)14)5-8-10(16-11)6-15-13(2,3)18-8/h7-11H,4-6H2,1-3H3/t7-,8-,9-,10+,11-/m0/s1. The Hall–Kier alpha value is -0.650. The fraction of sp³-hybridized carbons (Fsp3) is 0.923. The van der Waals surface area contributed by atoms with Crippen molar-refractivity contribution >= 4 is 5.97 Å². The fourth-order valence-corrected chi connectivity index (χ4v) is 3.08. The number of rotatable bonds is 1. The van der Waals surface area contributed by atoms with Crippen molar-refractivity contribution in [2.45, 2.75) is 63.8 Å². The van der Waals surface area contributed by atoms with Gasteiger partial charge in [-0.1, -0.05) is 6.92 Å². The van der Waals surface area contributed by atoms with Gasteiger partial charge in [-0.3, -0.25) is 4.79 Å². The fourth-order valence-electron chi connectivity index (χ4n) is 3.08. The van der Waals surface area contributed by atoms with Crippen molar-refractivity contribution in [2.24, 2.45) is 5.92 Å². The number of esters is 1. The first-order chi connectivity index (χ1) is 8.50. The van der Waals surface area contributed by atoms with Crippen molar-refractivity contribution in [3.8, 4) is 0 Å². The highest BCUT2D eigenvalue weighted by atomic mass is 16.7. The lowest BCUT2D eigenvalue weighted by Crippen LogP contribution is -2.57. The van der Waals surface area contributed by atoms with Gasteiger partial charge in [0.1, 0.15) is 18.3 Å². The van der Waals surface area contributed by atoms with E-state index in [1.807, 2.05) is 20.8 Å². The van der Waals surface area contributed by atoms with E-state index in [0.717, 1.165) is 6.42 Å². The maximum atomic E-state index is 11.7. The van der Waals surface area contributed by atoms with Gasteiger partial charge in [0, 0.05) is 6.42 Å². The van der Waals surface area contributed by atoms with Crippen LogP contribution in [0.25, 0.3) is 0 Å². The first kappa shape index (κ1) is 12.4. The number of hydrogen-bond acceptors (Lipinski definition) is 5. The Bertz CT molecular complexity index is 353. The van der Waals surface area contributed by atoms with Crippen LogP contribution in [0, 0.1) is 5.92 Å². The zero-order chi connectivity index (χ0) is 12.9. The molecule has 3 heterocycles. The van der Waals surface area contributed by atoms with Crippen LogP contribution in [0.2, 0.25) is 0 Å². The smallest absolute Gasteiger partial charge is 0.312 e. The SMILES string of the molecule is CC[C@@H]1C(=O)O[C@H]2C[C@@H]3OC(C)(C)OC[C@H]3O[C@H]21. The van der Waals surface area contributed by atoms with Crippen LogP contribution in [-0.2, 0) is 23.7 Å². The van der Waals surface area contributed by atoms with Crippen molar-refractivity contribution in [3.63, 3.8) is 0 Å². The van der Waals surface area contributed by atoms with Gasteiger partial charge >= 0.3 is 5.97 Å². The van der Waals surface area contributed by atoms with E-state index in [1.54, 1.807) is 0 Å². The van der Waals surface area contributed by atoms with Gasteiger partial charge < -0.3 is 18.9 Å². The summed E-state index contributed by atoms with van der Waals surface area (Å²) in [6.45, 7) is 6.29. The van der Waals surface area contributed by atoms with Gasteiger partial charge in [-0.05, 0) is 20.3 Å². The Morgan fingerprint density at radius 2 is 2.06 bits per heavy atom. The first-order valence-corrected chi connectivity index (χ1v) is 6.68. The molecule has 5 heteroatoms. The molecule has 0 N–H and O–H groups in total. The molecule has 0 bridgehead atoms. The molecule has 0 aromatic carbocycles. The summed E-state index contributed by atoms with van der Waals surface area (Å²) in [5.41, 5.74) is 0. The predicted octanol–water partition coefficient (Wildman–Crippen LogP) is 1.25. The molecule has 0 amide bonds. The van der Waals surface area contributed by atoms with E-state index in [9.17, 15) is 4.79 Å². The summed E-state index contributed by atoms with van der Waals surface area (Å²) in [7, 11) is 0. The third-order valence-corrected chi connectivity index (χ3v) is 4.01. The lowest BCUT2D eigenvalue weighted by molar-refractivity contribution is -0.334. The zero-order valence-corrected chi connectivity index (χ0v) is 11.0. The molecule has 0 unspecified atom stereocenters. The summed E-state index contributed by atoms with van der Waals surface area (Å²) >= 11 is 0. The molecule has 0 aromatic rings. The van der Waals surface area contributed by atoms with E-state index >= 15 is 0 Å². The van der Waals surface area contributed by atoms with E-state index in [1.165, 1.54) is 0 Å². The monoisotopic (exact) mass is 256 g/mol. The average Bonchev–Trinajstić information content (AvgIpc) is 2.59. The quantitative estimate of drug-likeness (QED) is 0.661. The summed E-state index contributed by atoms with van der Waals surface area (Å²) in [6, 6.07) is 0. The van der Waals surface area contributed by atoms with Gasteiger partial charge in [0.2, 0.25) is 0 Å². The highest BCUT2D eigenvalue weighted by Gasteiger charge is 2.53. The van der Waals surface area contributed by atoms with Gasteiger partial charge in [0.05, 0.1) is 18.6 Å². The van der Waals surface area contributed by atoms with E-state index < -0.39 is 5.79 Å². The number of carbonyl (C=O) groups excluding carboxylic acids is 1. The van der Waals surface area contributed by atoms with Crippen LogP contribution in [0.3, 0.4) is 0 Å². The summed E-state index contributed by atoms with van der Waals surface area (Å²) in [4.78, 5) is 11.7. The minimum absolute atomic E-state index is 0.0431. The molecule has 18 heavy (non-hydrogen) atoms. The maximum Gasteiger partial charge on any atom is 0.312 e. The molecule has 3 saturated heterocycles. The first-order valence-electron chi connectivity index (χ1n) is 6.68. The Morgan fingerprint density at radius 1 is 1.28 bits per heavy atom. The van der Waals surface area contributed by atoms with Crippen LogP contribution in [-0.4, -0.2) is 42.8 Å². The Morgan fingerprint density at radius 3 is 2.78 bits per heavy atom. The normalized spacial score (nSPS) is 46.2. The zero-order valence-electron chi connectivity index (χ0n) is 11.0. The van der Waals surface area contributed by atoms with Crippen LogP contribution in [0.4, 0.5) is 0 Å². The molecule has 5 atom stereocenters. The molecule has 0 radical (unpaired) electrons. The minimum atomic E-state index is -0.579. The van der Waals surface area contributed by atoms with E-state index in [-0.39, 0.29) is 36.3 Å². The minimum Gasteiger partial charge on any atom is -0.459 e. The molecule has 3 aliphatic rings. The predicted molar refractivity (Wildman–Crippen MR) is 61.8 cm³/mol. The molecule has 3 rings (SSSR count). The number of hydrogen-bond donors (Lipinski definition) is 0. The lowest BCUT2D eigenvalue weighted by atomic mass is 9.90. The van der Waals surface area contributed by atoms with Crippen LogP contribution in [0.5, 0.6) is 0 Å². The van der Waals surface area contributed by atoms with Gasteiger partial charge in [-0.15, -0.1) is 0 Å². The second-order valence-corrected chi connectivity index (χ2v) is 5.73. The van der Waals surface area contributed by atoms with E-state index in [4.69, 9.17) is 18.9 Å². The molecular weight excluding hydrogens is 236 g/mol. The molecule has 0 saturated carbocycles. The molecule has 3 aliphatic heterocycles. The topological polar surface area (TPSA) is 54.0 Å². The maximum absolute atomic E-state index is 11.7. The molecule has 5 nitrogen and oxygen atoms in total. The van der Waals surface area contributed by atoms with E-state index in [0.29, 0.717) is 13.0 Å². The summed E-state index contributed by atoms with van der Waals surface area (Å²) in [5.74, 6) is -0.846. The average molecular weight is 256 g/mol. The molecule has 102 valence electrons. The van der Waals surface area contributed by atoms with Crippen LogP contribution < -0.4 is 0 Å². The second kappa shape index (κ2) is 4.18. The lowest BCUT2D eigenvalue weighted by Gasteiger charge is -2.46. The highest BCUT2D eigenvalue weighted by Crippen LogP contribution is 2.39. The molecule has 3 fully saturated rings. The molecule has 0 aromatic heterocycles. The van der Waals surface area contributed by atoms with Gasteiger partial charge in [0.25, 0.3) is 0 Å². The van der Waals surface area contributed by atoms with Crippen molar-refractivity contribution in [1.82, 2.24) is 0 Å². The van der Waals surface area contributed by atoms with Crippen LogP contribution in [0.15, 0.2) is 0 Å². The Labute approximate surface area is 107 Å². The second-order valence-electron chi connectivity index (χ2n) is 5.73. The number of carbonyl (C=O) groups is 1. The van der Waals surface area contributed by atoms with Gasteiger partial charge in [-0.25, -0.2) is 0 Å². The largest absolute Gasteiger partial charge is 0.459 e. The van der Waals surface area contributed by atoms with Crippen molar-refractivity contribution in [2.75, 3.05) is 6.61 Å².